The summed E-state index contributed by atoms with van der Waals surface area (Å²) in [4.78, 5) is 26.1. The van der Waals surface area contributed by atoms with Gasteiger partial charge in [0, 0.05) is 31.6 Å². The number of piperidine rings is 1. The Morgan fingerprint density at radius 2 is 1.88 bits per heavy atom. The largest absolute Gasteiger partial charge is 0.390 e. The van der Waals surface area contributed by atoms with Crippen LogP contribution in [0.5, 0.6) is 0 Å². The molecule has 0 aliphatic carbocycles. The smallest absolute Gasteiger partial charge is 0.253 e. The van der Waals surface area contributed by atoms with Crippen LogP contribution >= 0.6 is 0 Å². The van der Waals surface area contributed by atoms with Gasteiger partial charge in [-0.1, -0.05) is 12.1 Å². The molecule has 25 heavy (non-hydrogen) atoms. The fourth-order valence-corrected chi connectivity index (χ4v) is 3.74. The van der Waals surface area contributed by atoms with Crippen LogP contribution in [-0.2, 0) is 11.2 Å². The highest BCUT2D eigenvalue weighted by atomic mass is 16.3. The van der Waals surface area contributed by atoms with E-state index in [1.807, 2.05) is 29.2 Å². The first-order valence-electron chi connectivity index (χ1n) is 9.14. The normalized spacial score (nSPS) is 20.0. The van der Waals surface area contributed by atoms with Gasteiger partial charge in [0.25, 0.3) is 5.91 Å². The number of rotatable bonds is 4. The van der Waals surface area contributed by atoms with Crippen LogP contribution in [0.2, 0.25) is 0 Å². The van der Waals surface area contributed by atoms with Crippen molar-refractivity contribution >= 4 is 11.8 Å². The zero-order valence-electron chi connectivity index (χ0n) is 15.2. The topological polar surface area (TPSA) is 69.6 Å². The van der Waals surface area contributed by atoms with Crippen molar-refractivity contribution in [2.45, 2.75) is 51.6 Å². The summed E-state index contributed by atoms with van der Waals surface area (Å²) in [7, 11) is 0. The van der Waals surface area contributed by atoms with Crippen LogP contribution < -0.4 is 5.32 Å². The van der Waals surface area contributed by atoms with Gasteiger partial charge < -0.3 is 15.3 Å². The van der Waals surface area contributed by atoms with Gasteiger partial charge in [0.2, 0.25) is 5.91 Å². The quantitative estimate of drug-likeness (QED) is 0.879. The molecule has 1 aromatic rings. The highest BCUT2D eigenvalue weighted by Gasteiger charge is 2.41. The Morgan fingerprint density at radius 3 is 2.40 bits per heavy atom. The molecule has 136 valence electrons. The van der Waals surface area contributed by atoms with Crippen molar-refractivity contribution < 1.29 is 14.7 Å². The minimum absolute atomic E-state index is 0.0643. The Morgan fingerprint density at radius 1 is 1.24 bits per heavy atom. The van der Waals surface area contributed by atoms with Crippen molar-refractivity contribution in [2.75, 3.05) is 19.6 Å². The van der Waals surface area contributed by atoms with Crippen LogP contribution in [0, 0.1) is 5.41 Å². The number of aryl methyl sites for hydroxylation is 1. The third kappa shape index (κ3) is 4.40. The number of benzene rings is 1. The molecule has 5 nitrogen and oxygen atoms in total. The average Bonchev–Trinajstić information content (AvgIpc) is 2.93. The summed E-state index contributed by atoms with van der Waals surface area (Å²) in [5, 5.41) is 12.7. The molecule has 0 aromatic heterocycles. The standard InChI is InChI=1S/C20H28N2O3/c1-19(2,25)8-7-15-3-5-16(6-4-15)18(24)22-11-9-20(10-12-22)13-17(23)21-14-20/h3-6,25H,7-14H2,1-2H3,(H,21,23). The van der Waals surface area contributed by atoms with Crippen molar-refractivity contribution in [1.29, 1.82) is 0 Å². The maximum atomic E-state index is 12.7. The van der Waals surface area contributed by atoms with Crippen LogP contribution in [0.4, 0.5) is 0 Å². The fraction of sp³-hybridized carbons (Fsp3) is 0.600. The molecule has 3 rings (SSSR count). The summed E-state index contributed by atoms with van der Waals surface area (Å²) in [6, 6.07) is 7.72. The zero-order valence-corrected chi connectivity index (χ0v) is 15.2. The van der Waals surface area contributed by atoms with E-state index in [2.05, 4.69) is 5.32 Å². The molecule has 2 saturated heterocycles. The predicted molar refractivity (Wildman–Crippen MR) is 96.3 cm³/mol. The van der Waals surface area contributed by atoms with Crippen molar-refractivity contribution in [3.63, 3.8) is 0 Å². The Hall–Kier alpha value is -1.88. The fourth-order valence-electron chi connectivity index (χ4n) is 3.74. The van der Waals surface area contributed by atoms with Gasteiger partial charge in [-0.25, -0.2) is 0 Å². The van der Waals surface area contributed by atoms with E-state index < -0.39 is 5.60 Å². The van der Waals surface area contributed by atoms with Crippen LogP contribution in [-0.4, -0.2) is 47.1 Å². The Labute approximate surface area is 149 Å². The average molecular weight is 344 g/mol. The van der Waals surface area contributed by atoms with Gasteiger partial charge in [-0.3, -0.25) is 9.59 Å². The lowest BCUT2D eigenvalue weighted by molar-refractivity contribution is -0.119. The van der Waals surface area contributed by atoms with E-state index in [1.54, 1.807) is 13.8 Å². The summed E-state index contributed by atoms with van der Waals surface area (Å²) >= 11 is 0. The van der Waals surface area contributed by atoms with Gasteiger partial charge in [0.05, 0.1) is 5.60 Å². The maximum Gasteiger partial charge on any atom is 0.253 e. The van der Waals surface area contributed by atoms with Crippen molar-refractivity contribution in [2.24, 2.45) is 5.41 Å². The third-order valence-electron chi connectivity index (χ3n) is 5.53. The number of likely N-dealkylation sites (tertiary alicyclic amines) is 1. The molecule has 1 aromatic carbocycles. The van der Waals surface area contributed by atoms with Crippen LogP contribution in [0.25, 0.3) is 0 Å². The number of hydrogen-bond acceptors (Lipinski definition) is 3. The number of aliphatic hydroxyl groups is 1. The van der Waals surface area contributed by atoms with E-state index in [-0.39, 0.29) is 17.2 Å². The van der Waals surface area contributed by atoms with Gasteiger partial charge >= 0.3 is 0 Å². The summed E-state index contributed by atoms with van der Waals surface area (Å²) in [5.74, 6) is 0.211. The number of carbonyl (C=O) groups is 2. The van der Waals surface area contributed by atoms with Gasteiger partial charge in [-0.15, -0.1) is 0 Å². The molecule has 2 fully saturated rings. The second-order valence-electron chi connectivity index (χ2n) is 8.26. The Balaban J connectivity index is 1.56. The maximum absolute atomic E-state index is 12.7. The molecule has 2 aliphatic rings. The Kier molecular flexibility index (Phi) is 4.87. The summed E-state index contributed by atoms with van der Waals surface area (Å²) in [6.45, 7) is 5.80. The highest BCUT2D eigenvalue weighted by molar-refractivity contribution is 5.94. The first-order chi connectivity index (χ1) is 11.8. The molecule has 0 unspecified atom stereocenters. The molecule has 1 spiro atoms. The lowest BCUT2D eigenvalue weighted by Gasteiger charge is -2.38. The number of carbonyl (C=O) groups excluding carboxylic acids is 2. The zero-order chi connectivity index (χ0) is 18.1. The second kappa shape index (κ2) is 6.79. The van der Waals surface area contributed by atoms with Gasteiger partial charge in [-0.2, -0.15) is 0 Å². The number of nitrogens with one attached hydrogen (secondary N) is 1. The van der Waals surface area contributed by atoms with Crippen LogP contribution in [0.3, 0.4) is 0 Å². The Bertz CT molecular complexity index is 638. The van der Waals surface area contributed by atoms with Crippen molar-refractivity contribution in [3.05, 3.63) is 35.4 Å². The molecular weight excluding hydrogens is 316 g/mol. The second-order valence-corrected chi connectivity index (χ2v) is 8.26. The van der Waals surface area contributed by atoms with Crippen molar-refractivity contribution in [1.82, 2.24) is 10.2 Å². The molecule has 2 aliphatic heterocycles. The van der Waals surface area contributed by atoms with E-state index in [0.29, 0.717) is 31.5 Å². The van der Waals surface area contributed by atoms with E-state index in [1.165, 1.54) is 0 Å². The molecule has 5 heteroatoms. The van der Waals surface area contributed by atoms with E-state index in [9.17, 15) is 14.7 Å². The van der Waals surface area contributed by atoms with Gasteiger partial charge in [0.1, 0.15) is 0 Å². The molecule has 0 radical (unpaired) electrons. The minimum atomic E-state index is -0.672. The number of hydrogen-bond donors (Lipinski definition) is 2. The van der Waals surface area contributed by atoms with E-state index in [0.717, 1.165) is 31.4 Å². The third-order valence-corrected chi connectivity index (χ3v) is 5.53. The molecule has 2 heterocycles. The minimum Gasteiger partial charge on any atom is -0.390 e. The lowest BCUT2D eigenvalue weighted by Crippen LogP contribution is -2.44. The van der Waals surface area contributed by atoms with Gasteiger partial charge in [-0.05, 0) is 62.6 Å². The van der Waals surface area contributed by atoms with Crippen LogP contribution in [0.1, 0.15) is 55.5 Å². The highest BCUT2D eigenvalue weighted by Crippen LogP contribution is 2.37. The number of amides is 2. The molecule has 2 N–H and O–H groups in total. The number of nitrogens with zero attached hydrogens (tertiary/aromatic N) is 1. The summed E-state index contributed by atoms with van der Waals surface area (Å²) in [5.41, 5.74) is 1.24. The van der Waals surface area contributed by atoms with Crippen molar-refractivity contribution in [3.8, 4) is 0 Å². The molecule has 0 bridgehead atoms. The first kappa shape index (κ1) is 17.9. The molecule has 0 saturated carbocycles. The molecular formula is C20H28N2O3. The predicted octanol–water partition coefficient (Wildman–Crippen LogP) is 2.13. The first-order valence-corrected chi connectivity index (χ1v) is 9.14. The van der Waals surface area contributed by atoms with Crippen LogP contribution in [0.15, 0.2) is 24.3 Å². The van der Waals surface area contributed by atoms with E-state index >= 15 is 0 Å². The summed E-state index contributed by atoms with van der Waals surface area (Å²) < 4.78 is 0. The molecule has 0 atom stereocenters. The SMILES string of the molecule is CC(C)(O)CCc1ccc(C(=O)N2CCC3(CC2)CNC(=O)C3)cc1. The van der Waals surface area contributed by atoms with Gasteiger partial charge in [0.15, 0.2) is 0 Å². The lowest BCUT2D eigenvalue weighted by atomic mass is 9.77. The monoisotopic (exact) mass is 344 g/mol. The molecule has 2 amide bonds. The van der Waals surface area contributed by atoms with E-state index in [4.69, 9.17) is 0 Å². The summed E-state index contributed by atoms with van der Waals surface area (Å²) in [6.07, 6.45) is 3.87.